The maximum atomic E-state index is 14.3. The molecule has 15 heterocycles. The van der Waals surface area contributed by atoms with Crippen molar-refractivity contribution in [1.82, 2.24) is 39.5 Å². The quantitative estimate of drug-likeness (QED) is 0.0218. The summed E-state index contributed by atoms with van der Waals surface area (Å²) in [4.78, 5) is 51.5. The van der Waals surface area contributed by atoms with Gasteiger partial charge in [-0.1, -0.05) is 15.9 Å². The number of carbonyl (C=O) groups is 1. The average molecular weight is 2610 g/mol. The Labute approximate surface area is 992 Å². The van der Waals surface area contributed by atoms with Crippen LogP contribution in [0.3, 0.4) is 0 Å². The van der Waals surface area contributed by atoms with E-state index in [0.717, 1.165) is 199 Å². The van der Waals surface area contributed by atoms with Crippen molar-refractivity contribution in [2.24, 2.45) is 29.1 Å². The van der Waals surface area contributed by atoms with Crippen molar-refractivity contribution in [3.63, 3.8) is 0 Å². The minimum absolute atomic E-state index is 0. The van der Waals surface area contributed by atoms with E-state index >= 15 is 0 Å². The second-order valence-corrected chi connectivity index (χ2v) is 41.6. The van der Waals surface area contributed by atoms with Crippen molar-refractivity contribution in [2.75, 3.05) is 125 Å². The van der Waals surface area contributed by atoms with Gasteiger partial charge in [-0.2, -0.15) is 10.2 Å². The van der Waals surface area contributed by atoms with E-state index in [9.17, 15) is 22.0 Å². The Morgan fingerprint density at radius 1 is 0.511 bits per heavy atom. The summed E-state index contributed by atoms with van der Waals surface area (Å²) in [5.41, 5.74) is 11.9. The number of aromatic nitrogens is 8. The summed E-state index contributed by atoms with van der Waals surface area (Å²) in [7, 11) is 1.26. The Hall–Kier alpha value is -4.24. The van der Waals surface area contributed by atoms with Gasteiger partial charge in [0, 0.05) is 153 Å². The molecule has 738 valence electrons. The van der Waals surface area contributed by atoms with Crippen LogP contribution in [0.15, 0.2) is 167 Å². The molecule has 1 atom stereocenters. The first-order valence-electron chi connectivity index (χ1n) is 45.3. The van der Waals surface area contributed by atoms with Gasteiger partial charge in [0.15, 0.2) is 11.6 Å². The number of fused-ring (bicyclic) bond motifs is 5. The first-order chi connectivity index (χ1) is 66.4. The number of benzene rings is 5. The van der Waals surface area contributed by atoms with Gasteiger partial charge in [-0.15, -0.1) is 0 Å². The first-order valence-corrected chi connectivity index (χ1v) is 50.5. The van der Waals surface area contributed by atoms with E-state index in [2.05, 4.69) is 178 Å². The second-order valence-electron chi connectivity index (χ2n) is 35.9. The van der Waals surface area contributed by atoms with E-state index in [0.29, 0.717) is 81.8 Å². The van der Waals surface area contributed by atoms with Gasteiger partial charge in [0.1, 0.15) is 61.6 Å². The van der Waals surface area contributed by atoms with Crippen LogP contribution in [0.5, 0.6) is 5.75 Å². The molecule has 1 unspecified atom stereocenters. The van der Waals surface area contributed by atoms with Crippen LogP contribution in [0.4, 0.5) is 45.2 Å². The van der Waals surface area contributed by atoms with E-state index < -0.39 is 21.1 Å². The molecule has 6 saturated heterocycles. The second kappa shape index (κ2) is 52.5. The average Bonchev–Trinajstić information content (AvgIpc) is 1.59. The Kier molecular flexibility index (Phi) is 43.0. The van der Waals surface area contributed by atoms with Crippen LogP contribution in [0, 0.1) is 29.1 Å². The van der Waals surface area contributed by atoms with Gasteiger partial charge in [0.2, 0.25) is 0 Å². The fourth-order valence-corrected chi connectivity index (χ4v) is 18.1. The number of hydrogen-bond donors (Lipinski definition) is 2. The smallest absolute Gasteiger partial charge is 1.00 e. The van der Waals surface area contributed by atoms with Gasteiger partial charge in [0.25, 0.3) is 6.47 Å². The molecule has 0 amide bonds. The summed E-state index contributed by atoms with van der Waals surface area (Å²) >= 11 is 18.4. The number of hydrogen-bond acceptors (Lipinski definition) is 27. The number of pyridine rings is 4. The molecule has 22 rings (SSSR count). The molecule has 0 bridgehead atoms. The molecule has 0 spiro atoms. The zero-order valence-electron chi connectivity index (χ0n) is 81.5. The third-order valence-corrected chi connectivity index (χ3v) is 29.2. The maximum absolute atomic E-state index is 14.3. The standard InChI is InChI=1S/C20H20FN3O2.2C17H16BrFN4O.C12H24B2O4.C9H13BN2O3.C9H6BrFIN.C8H5BrFN.C3H5Br.CH2O3.2Cs.H/c21-17-9-14-12-23-20(16(14)11-18(17)26-15-1-2-15)13-3-4-22-19(10-13)24-5-7-25-8-6-24;2*1-22-15-10-14(19)13(18)9-12(15)17(21-22)11-2-3-20-16(8-11)23-4-6-24-7-5-23;1-9(2)10(3,4)16-13(15-9)14-17-11(5,6)12(7,8)18-14;13-10(14)8-1-2-11-9(7-8)12-3-5-15-6-4-12;1-4-5-3-8(11)7(10)2-6(5)9(12)13-4;9-7-1-5-3-11-4-6(5)2-8(7)10;4-3-1-2-3;2-1-4-3;;;/h3-4,9-11,15H,1-2,5-8,12H2;2*2-3,8-10H,4-7H2,1H3;1-8H3;1-2,7,13-14H,3-6H2;2-4H,1H3;1-3H,4H2;3H,1-2H2;1,3H;;;/q;;;;;;;;;2*+1;-1/p-1. The normalized spacial score (nSPS) is 18.4. The SMILES string of the molecule is BrC1CC1.CC1(C)OB(B2OC(C)(C)C(C)(C)O2)OC1(C)C.CC1N=C(I)c2cc(Br)c(F)cc21.Cn1nc(-c2ccnc(N3CCOCC3)c2)c2cc(Br)c(F)cc21.Cn1nc(-c2ccnc(N3CCOCC3)c2)c2cc(Br)c(F)cc21.Fc1cc2c(cc1Br)C=NC2.Fc1cc2c(cc1OC1CC1)C(c1ccnc(N3CCOCC3)c1)=NC2.O=CO[O-].OB(O)c1ccnc(N2CCOCC2)c1.[Cs+].[Cs+].[H-]. The number of carbonyl (C=O) groups excluding carboxylic acids is 1. The minimum atomic E-state index is -1.44. The van der Waals surface area contributed by atoms with Crippen molar-refractivity contribution in [1.29, 1.82) is 0 Å². The minimum Gasteiger partial charge on any atom is -1.00 e. The van der Waals surface area contributed by atoms with Crippen molar-refractivity contribution >= 4 is 196 Å². The van der Waals surface area contributed by atoms with Gasteiger partial charge in [-0.25, -0.2) is 41.9 Å². The summed E-state index contributed by atoms with van der Waals surface area (Å²) < 4.78 is 125. The van der Waals surface area contributed by atoms with Gasteiger partial charge >= 0.3 is 159 Å². The number of anilines is 4. The predicted octanol–water partition coefficient (Wildman–Crippen LogP) is 11.0. The van der Waals surface area contributed by atoms with Crippen LogP contribution in [0.1, 0.15) is 134 Å². The van der Waals surface area contributed by atoms with Crippen molar-refractivity contribution in [3.8, 4) is 28.3 Å². The largest absolute Gasteiger partial charge is 1.00 e. The summed E-state index contributed by atoms with van der Waals surface area (Å²) in [6, 6.07) is 31.9. The zero-order valence-corrected chi connectivity index (χ0v) is 103. The molecule has 11 aliphatic rings. The first kappa shape index (κ1) is 115. The van der Waals surface area contributed by atoms with Crippen LogP contribution in [0.2, 0.25) is 0 Å². The van der Waals surface area contributed by atoms with Crippen molar-refractivity contribution in [3.05, 3.63) is 220 Å². The molecule has 2 aliphatic carbocycles. The molecule has 2 N–H and O–H groups in total. The summed E-state index contributed by atoms with van der Waals surface area (Å²) in [5, 5.41) is 37.5. The summed E-state index contributed by atoms with van der Waals surface area (Å²) in [6.45, 7) is 31.3. The third-order valence-electron chi connectivity index (χ3n) is 24.9. The number of ether oxygens (including phenoxy) is 5. The van der Waals surface area contributed by atoms with Crippen LogP contribution in [-0.2, 0) is 74.4 Å². The number of aliphatic imine (C=N–C) groups is 3. The Bertz CT molecular complexity index is 6080. The summed E-state index contributed by atoms with van der Waals surface area (Å²) in [6.07, 6.45) is 13.7. The predicted molar refractivity (Wildman–Crippen MR) is 554 cm³/mol. The van der Waals surface area contributed by atoms with E-state index in [1.165, 1.54) is 31.0 Å². The summed E-state index contributed by atoms with van der Waals surface area (Å²) in [5.74, 6) is 2.55. The molecule has 9 aliphatic heterocycles. The number of morpholine rings is 4. The molecule has 11 aromatic rings. The van der Waals surface area contributed by atoms with Crippen LogP contribution < -0.4 is 173 Å². The number of aryl methyl sites for hydroxylation is 2. The maximum Gasteiger partial charge on any atom is 1.00 e. The topological polar surface area (TPSA) is 310 Å². The van der Waals surface area contributed by atoms with Crippen LogP contribution >= 0.6 is 102 Å². The number of rotatable bonds is 12. The van der Waals surface area contributed by atoms with E-state index in [-0.39, 0.29) is 209 Å². The van der Waals surface area contributed by atoms with Crippen LogP contribution in [0.25, 0.3) is 44.3 Å². The molecule has 141 heavy (non-hydrogen) atoms. The molecule has 2 saturated carbocycles. The molecule has 45 heteroatoms. The van der Waals surface area contributed by atoms with E-state index in [4.69, 9.17) is 62.4 Å². The van der Waals surface area contributed by atoms with Crippen LogP contribution in [-0.4, -0.2) is 231 Å². The van der Waals surface area contributed by atoms with Gasteiger partial charge < -0.3 is 83.5 Å². The van der Waals surface area contributed by atoms with E-state index in [1.807, 2.05) is 119 Å². The van der Waals surface area contributed by atoms with E-state index in [1.54, 1.807) is 82.7 Å². The molecule has 5 aromatic carbocycles. The van der Waals surface area contributed by atoms with Gasteiger partial charge in [0.05, 0.1) is 135 Å². The fraction of sp³-hybridized carbons (Fsp3) is 0.417. The fourth-order valence-electron chi connectivity index (χ4n) is 15.5. The Morgan fingerprint density at radius 3 is 1.31 bits per heavy atom. The third kappa shape index (κ3) is 30.2. The van der Waals surface area contributed by atoms with Crippen molar-refractivity contribution in [2.45, 2.75) is 140 Å². The van der Waals surface area contributed by atoms with Crippen molar-refractivity contribution < 1.29 is 228 Å². The Morgan fingerprint density at radius 2 is 0.894 bits per heavy atom. The molecular formula is C96H107B3Br5Cs2F5IN15O14. The number of halogens is 11. The van der Waals surface area contributed by atoms with Gasteiger partial charge in [-0.05, 0) is 299 Å². The molecule has 8 fully saturated rings. The molecule has 6 aromatic heterocycles. The molecule has 29 nitrogen and oxygen atoms in total. The monoisotopic (exact) mass is 2610 g/mol. The van der Waals surface area contributed by atoms with Gasteiger partial charge in [-0.3, -0.25) is 29.1 Å². The Balaban J connectivity index is 0.000000158. The number of alkyl halides is 1. The molecule has 0 radical (unpaired) electrons. The zero-order chi connectivity index (χ0) is 99.4. The number of nitrogens with zero attached hydrogens (tertiary/aromatic N) is 15. The molecular weight excluding hydrogens is 2510 g/mol.